The van der Waals surface area contributed by atoms with Gasteiger partial charge in [-0.3, -0.25) is 0 Å². The highest BCUT2D eigenvalue weighted by atomic mass is 16.5. The molecular weight excluding hydrogens is 214 g/mol. The Balaban J connectivity index is 2.42. The monoisotopic (exact) mass is 237 g/mol. The fraction of sp³-hybridized carbons (Fsp3) is 0.571. The summed E-state index contributed by atoms with van der Waals surface area (Å²) in [5.74, 6) is 0.888. The Bertz CT molecular complexity index is 356. The fourth-order valence-electron chi connectivity index (χ4n) is 1.50. The van der Waals surface area contributed by atoms with Crippen LogP contribution < -0.4 is 10.1 Å². The summed E-state index contributed by atoms with van der Waals surface area (Å²) in [7, 11) is 1.68. The molecule has 3 heteroatoms. The van der Waals surface area contributed by atoms with E-state index in [1.54, 1.807) is 7.11 Å². The van der Waals surface area contributed by atoms with Crippen LogP contribution in [0.2, 0.25) is 0 Å². The molecule has 0 aliphatic heterocycles. The number of benzene rings is 1. The average molecular weight is 237 g/mol. The number of anilines is 1. The zero-order chi connectivity index (χ0) is 12.9. The summed E-state index contributed by atoms with van der Waals surface area (Å²) in [6, 6.07) is 6.01. The van der Waals surface area contributed by atoms with E-state index in [0.717, 1.165) is 18.0 Å². The Morgan fingerprint density at radius 2 is 1.94 bits per heavy atom. The normalized spacial score (nSPS) is 11.4. The number of rotatable bonds is 5. The molecule has 1 N–H and O–H groups in total. The lowest BCUT2D eigenvalue weighted by Crippen LogP contribution is -2.23. The van der Waals surface area contributed by atoms with Gasteiger partial charge in [-0.25, -0.2) is 0 Å². The molecule has 1 aromatic carbocycles. The molecule has 0 saturated heterocycles. The van der Waals surface area contributed by atoms with Crippen molar-refractivity contribution in [3.05, 3.63) is 23.8 Å². The molecule has 0 saturated carbocycles. The second-order valence-corrected chi connectivity index (χ2v) is 5.07. The van der Waals surface area contributed by atoms with Crippen molar-refractivity contribution in [3.63, 3.8) is 0 Å². The van der Waals surface area contributed by atoms with Crippen molar-refractivity contribution in [2.45, 2.75) is 33.3 Å². The molecule has 0 radical (unpaired) electrons. The minimum atomic E-state index is -0.0728. The second kappa shape index (κ2) is 5.92. The smallest absolute Gasteiger partial charge is 0.119 e. The third kappa shape index (κ3) is 5.09. The van der Waals surface area contributed by atoms with Crippen molar-refractivity contribution in [1.29, 1.82) is 0 Å². The molecule has 0 bridgehead atoms. The molecule has 96 valence electrons. The van der Waals surface area contributed by atoms with Gasteiger partial charge in [-0.15, -0.1) is 0 Å². The van der Waals surface area contributed by atoms with Crippen molar-refractivity contribution in [3.8, 4) is 5.75 Å². The number of methoxy groups -OCH3 is 1. The van der Waals surface area contributed by atoms with Crippen molar-refractivity contribution in [1.82, 2.24) is 0 Å². The van der Waals surface area contributed by atoms with Gasteiger partial charge in [0.05, 0.1) is 19.3 Å². The molecule has 0 aliphatic rings. The Morgan fingerprint density at radius 3 is 2.47 bits per heavy atom. The van der Waals surface area contributed by atoms with Crippen LogP contribution in [0.1, 0.15) is 26.3 Å². The van der Waals surface area contributed by atoms with Gasteiger partial charge in [0.15, 0.2) is 0 Å². The molecule has 1 rings (SSSR count). The fourth-order valence-corrected chi connectivity index (χ4v) is 1.50. The van der Waals surface area contributed by atoms with E-state index >= 15 is 0 Å². The maximum Gasteiger partial charge on any atom is 0.119 e. The number of ether oxygens (including phenoxy) is 2. The second-order valence-electron chi connectivity index (χ2n) is 5.07. The number of hydrogen-bond donors (Lipinski definition) is 1. The van der Waals surface area contributed by atoms with E-state index in [1.807, 2.05) is 18.2 Å². The van der Waals surface area contributed by atoms with E-state index in [9.17, 15) is 0 Å². The zero-order valence-electron chi connectivity index (χ0n) is 11.5. The van der Waals surface area contributed by atoms with Gasteiger partial charge in [-0.2, -0.15) is 0 Å². The highest BCUT2D eigenvalue weighted by molar-refractivity contribution is 5.53. The summed E-state index contributed by atoms with van der Waals surface area (Å²) in [5, 5.41) is 3.36. The summed E-state index contributed by atoms with van der Waals surface area (Å²) in [6.07, 6.45) is 0. The summed E-state index contributed by atoms with van der Waals surface area (Å²) >= 11 is 0. The van der Waals surface area contributed by atoms with E-state index in [2.05, 4.69) is 33.0 Å². The van der Waals surface area contributed by atoms with Crippen molar-refractivity contribution < 1.29 is 9.47 Å². The first-order valence-electron chi connectivity index (χ1n) is 5.95. The van der Waals surface area contributed by atoms with Gasteiger partial charge < -0.3 is 14.8 Å². The minimum Gasteiger partial charge on any atom is -0.497 e. The van der Waals surface area contributed by atoms with Crippen LogP contribution in [0.4, 0.5) is 5.69 Å². The van der Waals surface area contributed by atoms with Gasteiger partial charge in [-0.05, 0) is 51.5 Å². The van der Waals surface area contributed by atoms with Crippen molar-refractivity contribution in [2.24, 2.45) is 0 Å². The molecule has 0 spiro atoms. The van der Waals surface area contributed by atoms with E-state index < -0.39 is 0 Å². The summed E-state index contributed by atoms with van der Waals surface area (Å²) in [6.45, 7) is 9.76. The van der Waals surface area contributed by atoms with Gasteiger partial charge in [0.2, 0.25) is 0 Å². The van der Waals surface area contributed by atoms with Crippen LogP contribution in [-0.2, 0) is 4.74 Å². The molecule has 0 amide bonds. The van der Waals surface area contributed by atoms with E-state index in [-0.39, 0.29) is 5.60 Å². The Labute approximate surface area is 104 Å². The number of hydrogen-bond acceptors (Lipinski definition) is 3. The van der Waals surface area contributed by atoms with Crippen LogP contribution in [0, 0.1) is 6.92 Å². The van der Waals surface area contributed by atoms with Crippen LogP contribution in [0.3, 0.4) is 0 Å². The molecule has 0 aliphatic carbocycles. The summed E-state index contributed by atoms with van der Waals surface area (Å²) in [4.78, 5) is 0. The van der Waals surface area contributed by atoms with Crippen LogP contribution in [0.5, 0.6) is 5.75 Å². The quantitative estimate of drug-likeness (QED) is 0.798. The minimum absolute atomic E-state index is 0.0728. The predicted molar refractivity (Wildman–Crippen MR) is 71.9 cm³/mol. The molecule has 0 unspecified atom stereocenters. The third-order valence-electron chi connectivity index (χ3n) is 2.39. The molecule has 0 atom stereocenters. The third-order valence-corrected chi connectivity index (χ3v) is 2.39. The highest BCUT2D eigenvalue weighted by Crippen LogP contribution is 2.20. The summed E-state index contributed by atoms with van der Waals surface area (Å²) < 4.78 is 10.8. The van der Waals surface area contributed by atoms with Crippen molar-refractivity contribution in [2.75, 3.05) is 25.6 Å². The predicted octanol–water partition coefficient (Wildman–Crippen LogP) is 3.23. The van der Waals surface area contributed by atoms with Crippen LogP contribution in [0.25, 0.3) is 0 Å². The standard InChI is InChI=1S/C14H23NO2/c1-11-10-12(16-5)6-7-13(11)15-8-9-17-14(2,3)4/h6-7,10,15H,8-9H2,1-5H3. The molecule has 0 heterocycles. The van der Waals surface area contributed by atoms with Crippen LogP contribution in [0.15, 0.2) is 18.2 Å². The van der Waals surface area contributed by atoms with E-state index in [1.165, 1.54) is 5.56 Å². The maximum absolute atomic E-state index is 5.65. The van der Waals surface area contributed by atoms with Crippen LogP contribution >= 0.6 is 0 Å². The number of aryl methyl sites for hydroxylation is 1. The molecule has 1 aromatic rings. The molecular formula is C14H23NO2. The molecule has 0 fully saturated rings. The first kappa shape index (κ1) is 13.8. The van der Waals surface area contributed by atoms with E-state index in [4.69, 9.17) is 9.47 Å². The topological polar surface area (TPSA) is 30.5 Å². The first-order chi connectivity index (χ1) is 7.92. The van der Waals surface area contributed by atoms with Gasteiger partial charge >= 0.3 is 0 Å². The highest BCUT2D eigenvalue weighted by Gasteiger charge is 2.09. The lowest BCUT2D eigenvalue weighted by Gasteiger charge is -2.20. The molecule has 0 aromatic heterocycles. The Hall–Kier alpha value is -1.22. The average Bonchev–Trinajstić information content (AvgIpc) is 2.24. The Kier molecular flexibility index (Phi) is 4.82. The van der Waals surface area contributed by atoms with E-state index in [0.29, 0.717) is 6.61 Å². The molecule has 17 heavy (non-hydrogen) atoms. The summed E-state index contributed by atoms with van der Waals surface area (Å²) in [5.41, 5.74) is 2.24. The number of nitrogens with one attached hydrogen (secondary N) is 1. The lowest BCUT2D eigenvalue weighted by molar-refractivity contribution is 0.00333. The maximum atomic E-state index is 5.65. The van der Waals surface area contributed by atoms with Gasteiger partial charge in [-0.1, -0.05) is 0 Å². The SMILES string of the molecule is COc1ccc(NCCOC(C)(C)C)c(C)c1. The zero-order valence-corrected chi connectivity index (χ0v) is 11.5. The van der Waals surface area contributed by atoms with Gasteiger partial charge in [0.1, 0.15) is 5.75 Å². The largest absolute Gasteiger partial charge is 0.497 e. The van der Waals surface area contributed by atoms with Crippen molar-refractivity contribution >= 4 is 5.69 Å². The lowest BCUT2D eigenvalue weighted by atomic mass is 10.2. The van der Waals surface area contributed by atoms with Gasteiger partial charge in [0.25, 0.3) is 0 Å². The van der Waals surface area contributed by atoms with Crippen LogP contribution in [-0.4, -0.2) is 25.9 Å². The molecule has 3 nitrogen and oxygen atoms in total. The van der Waals surface area contributed by atoms with Gasteiger partial charge in [0, 0.05) is 12.2 Å². The Morgan fingerprint density at radius 1 is 1.24 bits per heavy atom. The first-order valence-corrected chi connectivity index (χ1v) is 5.95.